The zero-order valence-electron chi connectivity index (χ0n) is 22.7. The van der Waals surface area contributed by atoms with Crippen LogP contribution in [0, 0.1) is 41.3 Å². The predicted octanol–water partition coefficient (Wildman–Crippen LogP) is 4.41. The van der Waals surface area contributed by atoms with E-state index in [1.54, 1.807) is 25.2 Å². The molecule has 9 heteroatoms. The fourth-order valence-corrected chi connectivity index (χ4v) is 6.23. The van der Waals surface area contributed by atoms with Gasteiger partial charge in [0.15, 0.2) is 0 Å². The van der Waals surface area contributed by atoms with Crippen LogP contribution < -0.4 is 15.4 Å². The summed E-state index contributed by atoms with van der Waals surface area (Å²) in [5.41, 5.74) is 3.48. The lowest BCUT2D eigenvalue weighted by Crippen LogP contribution is -2.45. The molecule has 0 bridgehead atoms. The normalized spacial score (nSPS) is 20.9. The highest BCUT2D eigenvalue weighted by atomic mass is 19.1. The van der Waals surface area contributed by atoms with Gasteiger partial charge in [-0.2, -0.15) is 10.5 Å². The number of nitrogens with zero attached hydrogens (tertiary/aromatic N) is 6. The number of ether oxygens (including phenoxy) is 1. The van der Waals surface area contributed by atoms with Crippen molar-refractivity contribution in [3.63, 3.8) is 0 Å². The molecule has 202 valence electrons. The number of hydrogen-bond donors (Lipinski definition) is 0. The zero-order valence-corrected chi connectivity index (χ0v) is 22.7. The van der Waals surface area contributed by atoms with E-state index in [-0.39, 0.29) is 28.7 Å². The molecule has 2 aliphatic rings. The first-order valence-corrected chi connectivity index (χ1v) is 13.5. The molecular formula is C30H33FN6O2. The van der Waals surface area contributed by atoms with E-state index >= 15 is 0 Å². The van der Waals surface area contributed by atoms with Crippen molar-refractivity contribution in [1.82, 2.24) is 9.55 Å². The summed E-state index contributed by atoms with van der Waals surface area (Å²) in [5, 5.41) is 19.4. The molecule has 1 aromatic carbocycles. The largest absolute Gasteiger partial charge is 0.381 e. The average molecular weight is 529 g/mol. The van der Waals surface area contributed by atoms with Crippen molar-refractivity contribution in [2.24, 2.45) is 13.0 Å². The van der Waals surface area contributed by atoms with Gasteiger partial charge < -0.3 is 19.1 Å². The number of pyridine rings is 2. The van der Waals surface area contributed by atoms with Gasteiger partial charge in [0.2, 0.25) is 0 Å². The molecule has 1 atom stereocenters. The molecular weight excluding hydrogens is 495 g/mol. The summed E-state index contributed by atoms with van der Waals surface area (Å²) in [4.78, 5) is 22.0. The van der Waals surface area contributed by atoms with Gasteiger partial charge in [0.1, 0.15) is 34.7 Å². The number of rotatable bonds is 6. The maximum atomic E-state index is 13.9. The molecule has 1 saturated heterocycles. The molecule has 8 nitrogen and oxygen atoms in total. The second-order valence-corrected chi connectivity index (χ2v) is 10.8. The van der Waals surface area contributed by atoms with Crippen LogP contribution in [-0.4, -0.2) is 48.4 Å². The Morgan fingerprint density at radius 1 is 1.10 bits per heavy atom. The standard InChI is InChI=1S/C30H33FN6O2/c1-19-14-21(31)4-10-26(19)37(17-20-12-13-39-18-20)24-8-6-23(7-9-24)35(2)29-25(16-33)30(38)36(3)27-11-5-22(15-32)34-28(27)29/h4-5,10-11,14,20,23-24H,6-9,12-13,17-18H2,1-3H3/t20-,23?,24?/m1/s1. The average Bonchev–Trinajstić information content (AvgIpc) is 3.46. The van der Waals surface area contributed by atoms with Crippen LogP contribution in [0.3, 0.4) is 0 Å². The predicted molar refractivity (Wildman–Crippen MR) is 148 cm³/mol. The van der Waals surface area contributed by atoms with E-state index in [0.717, 1.165) is 63.1 Å². The van der Waals surface area contributed by atoms with Crippen molar-refractivity contribution < 1.29 is 9.13 Å². The molecule has 0 spiro atoms. The number of fused-ring (bicyclic) bond motifs is 1. The third kappa shape index (κ3) is 5.07. The Balaban J connectivity index is 1.43. The van der Waals surface area contributed by atoms with Crippen molar-refractivity contribution in [3.05, 3.63) is 63.3 Å². The van der Waals surface area contributed by atoms with Crippen LogP contribution in [0.15, 0.2) is 35.1 Å². The smallest absolute Gasteiger partial charge is 0.270 e. The quantitative estimate of drug-likeness (QED) is 0.467. The first-order chi connectivity index (χ1) is 18.8. The van der Waals surface area contributed by atoms with Crippen molar-refractivity contribution >= 4 is 22.4 Å². The maximum absolute atomic E-state index is 13.9. The van der Waals surface area contributed by atoms with Crippen LogP contribution in [0.25, 0.3) is 11.0 Å². The Hall–Kier alpha value is -3.95. The van der Waals surface area contributed by atoms with Gasteiger partial charge in [-0.1, -0.05) is 0 Å². The lowest BCUT2D eigenvalue weighted by molar-refractivity contribution is 0.185. The highest BCUT2D eigenvalue weighted by Crippen LogP contribution is 2.36. The van der Waals surface area contributed by atoms with Crippen LogP contribution in [-0.2, 0) is 11.8 Å². The minimum absolute atomic E-state index is 0.0435. The molecule has 39 heavy (non-hydrogen) atoms. The van der Waals surface area contributed by atoms with Gasteiger partial charge in [-0.15, -0.1) is 0 Å². The summed E-state index contributed by atoms with van der Waals surface area (Å²) in [6, 6.07) is 12.9. The van der Waals surface area contributed by atoms with E-state index in [9.17, 15) is 19.7 Å². The molecule has 0 amide bonds. The summed E-state index contributed by atoms with van der Waals surface area (Å²) in [6.07, 6.45) is 4.58. The molecule has 0 N–H and O–H groups in total. The summed E-state index contributed by atoms with van der Waals surface area (Å²) in [5.74, 6) is 0.216. The number of hydrogen-bond acceptors (Lipinski definition) is 7. The fraction of sp³-hybridized carbons (Fsp3) is 0.467. The van der Waals surface area contributed by atoms with Crippen LogP contribution in [0.2, 0.25) is 0 Å². The molecule has 0 radical (unpaired) electrons. The number of aryl methyl sites for hydroxylation is 2. The van der Waals surface area contributed by atoms with Crippen LogP contribution >= 0.6 is 0 Å². The lowest BCUT2D eigenvalue weighted by atomic mass is 9.87. The van der Waals surface area contributed by atoms with E-state index < -0.39 is 0 Å². The summed E-state index contributed by atoms with van der Waals surface area (Å²) in [6.45, 7) is 4.37. The molecule has 2 aromatic heterocycles. The summed E-state index contributed by atoms with van der Waals surface area (Å²) < 4.78 is 21.0. The highest BCUT2D eigenvalue weighted by molar-refractivity contribution is 5.92. The van der Waals surface area contributed by atoms with Gasteiger partial charge in [0, 0.05) is 50.9 Å². The monoisotopic (exact) mass is 528 g/mol. The van der Waals surface area contributed by atoms with Gasteiger partial charge >= 0.3 is 0 Å². The lowest BCUT2D eigenvalue weighted by Gasteiger charge is -2.42. The third-order valence-corrected chi connectivity index (χ3v) is 8.40. The molecule has 3 heterocycles. The van der Waals surface area contributed by atoms with E-state index in [4.69, 9.17) is 4.74 Å². The molecule has 5 rings (SSSR count). The second kappa shape index (κ2) is 11.0. The van der Waals surface area contributed by atoms with Crippen molar-refractivity contribution in [1.29, 1.82) is 10.5 Å². The number of halogens is 1. The van der Waals surface area contributed by atoms with Gasteiger partial charge in [-0.25, -0.2) is 9.37 Å². The van der Waals surface area contributed by atoms with Crippen molar-refractivity contribution in [3.8, 4) is 12.1 Å². The Morgan fingerprint density at radius 2 is 1.85 bits per heavy atom. The Labute approximate surface area is 227 Å². The second-order valence-electron chi connectivity index (χ2n) is 10.8. The Kier molecular flexibility index (Phi) is 7.54. The molecule has 1 aliphatic heterocycles. The number of aromatic nitrogens is 2. The zero-order chi connectivity index (χ0) is 27.7. The van der Waals surface area contributed by atoms with E-state index in [2.05, 4.69) is 22.0 Å². The number of anilines is 2. The molecule has 1 saturated carbocycles. The first kappa shape index (κ1) is 26.6. The Bertz CT molecular complexity index is 1520. The van der Waals surface area contributed by atoms with Crippen molar-refractivity contribution in [2.75, 3.05) is 36.6 Å². The SMILES string of the molecule is Cc1cc(F)ccc1N(C[C@H]1CCOC1)C1CCC(N(C)c2c(C#N)c(=O)n(C)c3ccc(C#N)nc23)CC1. The number of benzene rings is 1. The van der Waals surface area contributed by atoms with Gasteiger partial charge in [-0.05, 0) is 74.9 Å². The summed E-state index contributed by atoms with van der Waals surface area (Å²) in [7, 11) is 3.54. The topological polar surface area (TPSA) is 98.2 Å². The van der Waals surface area contributed by atoms with E-state index in [1.165, 1.54) is 10.6 Å². The van der Waals surface area contributed by atoms with E-state index in [0.29, 0.717) is 28.7 Å². The van der Waals surface area contributed by atoms with Gasteiger partial charge in [-0.3, -0.25) is 4.79 Å². The fourth-order valence-electron chi connectivity index (χ4n) is 6.23. The minimum Gasteiger partial charge on any atom is -0.381 e. The van der Waals surface area contributed by atoms with Gasteiger partial charge in [0.25, 0.3) is 5.56 Å². The Morgan fingerprint density at radius 3 is 2.49 bits per heavy atom. The first-order valence-electron chi connectivity index (χ1n) is 13.5. The van der Waals surface area contributed by atoms with Crippen molar-refractivity contribution in [2.45, 2.75) is 51.1 Å². The van der Waals surface area contributed by atoms with E-state index in [1.807, 2.05) is 24.9 Å². The molecule has 0 unspecified atom stereocenters. The van der Waals surface area contributed by atoms with Crippen LogP contribution in [0.4, 0.5) is 15.8 Å². The maximum Gasteiger partial charge on any atom is 0.270 e. The molecule has 3 aromatic rings. The van der Waals surface area contributed by atoms with Gasteiger partial charge in [0.05, 0.1) is 17.8 Å². The van der Waals surface area contributed by atoms with Crippen LogP contribution in [0.5, 0.6) is 0 Å². The molecule has 1 aliphatic carbocycles. The summed E-state index contributed by atoms with van der Waals surface area (Å²) >= 11 is 0. The molecule has 2 fully saturated rings. The minimum atomic E-state index is -0.371. The number of nitriles is 2. The third-order valence-electron chi connectivity index (χ3n) is 8.40. The highest BCUT2D eigenvalue weighted by Gasteiger charge is 2.33. The van der Waals surface area contributed by atoms with Crippen LogP contribution in [0.1, 0.15) is 48.9 Å².